The van der Waals surface area contributed by atoms with Crippen LogP contribution in [-0.4, -0.2) is 24.7 Å². The lowest BCUT2D eigenvalue weighted by Crippen LogP contribution is -2.08. The number of methoxy groups -OCH3 is 1. The van der Waals surface area contributed by atoms with E-state index in [9.17, 15) is 4.79 Å². The van der Waals surface area contributed by atoms with Crippen molar-refractivity contribution in [2.24, 2.45) is 0 Å². The largest absolute Gasteiger partial charge is 0.496 e. The second kappa shape index (κ2) is 7.24. The van der Waals surface area contributed by atoms with Crippen molar-refractivity contribution in [1.82, 2.24) is 4.98 Å². The number of esters is 1. The van der Waals surface area contributed by atoms with Gasteiger partial charge < -0.3 is 9.47 Å². The topological polar surface area (TPSA) is 48.4 Å². The van der Waals surface area contributed by atoms with Crippen LogP contribution in [0.15, 0.2) is 23.7 Å². The van der Waals surface area contributed by atoms with Crippen molar-refractivity contribution in [2.45, 2.75) is 6.92 Å². The lowest BCUT2D eigenvalue weighted by Gasteiger charge is -2.10. The number of carbonyl (C=O) groups is 1. The van der Waals surface area contributed by atoms with Crippen LogP contribution in [-0.2, 0) is 4.74 Å². The third kappa shape index (κ3) is 3.62. The van der Waals surface area contributed by atoms with Crippen molar-refractivity contribution in [3.8, 4) is 5.75 Å². The van der Waals surface area contributed by atoms with E-state index in [-0.39, 0.29) is 0 Å². The Bertz CT molecular complexity index is 667. The van der Waals surface area contributed by atoms with Crippen molar-refractivity contribution >= 4 is 41.1 Å². The fourth-order valence-corrected chi connectivity index (χ4v) is 2.67. The van der Waals surface area contributed by atoms with Gasteiger partial charge in [-0.3, -0.25) is 0 Å². The van der Waals surface area contributed by atoms with Crippen LogP contribution in [0.5, 0.6) is 5.75 Å². The first-order chi connectivity index (χ1) is 10.2. The standard InChI is InChI=1S/C15H14ClNO3S/c1-3-20-15(18)13-10(5-4-6-11(13)19-2)7-8-12-14(16)17-9-21-12/h4-9H,3H2,1-2H3/b8-7+. The number of ether oxygens (including phenoxy) is 2. The minimum Gasteiger partial charge on any atom is -0.496 e. The van der Waals surface area contributed by atoms with Crippen LogP contribution in [0.3, 0.4) is 0 Å². The molecule has 0 fully saturated rings. The third-order valence-corrected chi connectivity index (χ3v) is 3.93. The fourth-order valence-electron chi connectivity index (χ4n) is 1.79. The Hall–Kier alpha value is -1.85. The Balaban J connectivity index is 2.41. The summed E-state index contributed by atoms with van der Waals surface area (Å²) in [6.07, 6.45) is 3.62. The van der Waals surface area contributed by atoms with Gasteiger partial charge in [0, 0.05) is 0 Å². The molecule has 4 nitrogen and oxygen atoms in total. The number of aromatic nitrogens is 1. The maximum atomic E-state index is 12.1. The van der Waals surface area contributed by atoms with Gasteiger partial charge in [0.1, 0.15) is 16.5 Å². The van der Waals surface area contributed by atoms with E-state index in [1.807, 2.05) is 18.2 Å². The van der Waals surface area contributed by atoms with E-state index in [0.29, 0.717) is 28.6 Å². The molecule has 0 saturated heterocycles. The van der Waals surface area contributed by atoms with Crippen LogP contribution >= 0.6 is 22.9 Å². The highest BCUT2D eigenvalue weighted by Gasteiger charge is 2.17. The van der Waals surface area contributed by atoms with Crippen molar-refractivity contribution in [3.63, 3.8) is 0 Å². The van der Waals surface area contributed by atoms with Gasteiger partial charge in [-0.25, -0.2) is 9.78 Å². The number of carbonyl (C=O) groups excluding carboxylic acids is 1. The second-order valence-electron chi connectivity index (χ2n) is 3.99. The van der Waals surface area contributed by atoms with E-state index >= 15 is 0 Å². The van der Waals surface area contributed by atoms with Gasteiger partial charge in [-0.2, -0.15) is 0 Å². The fraction of sp³-hybridized carbons (Fsp3) is 0.200. The first-order valence-electron chi connectivity index (χ1n) is 6.28. The van der Waals surface area contributed by atoms with Crippen molar-refractivity contribution < 1.29 is 14.3 Å². The molecule has 0 aliphatic carbocycles. The highest BCUT2D eigenvalue weighted by Crippen LogP contribution is 2.27. The van der Waals surface area contributed by atoms with E-state index in [0.717, 1.165) is 4.88 Å². The molecule has 0 spiro atoms. The highest BCUT2D eigenvalue weighted by atomic mass is 35.5. The van der Waals surface area contributed by atoms with Gasteiger partial charge in [-0.05, 0) is 24.6 Å². The van der Waals surface area contributed by atoms with E-state index in [1.165, 1.54) is 18.4 Å². The molecule has 0 aliphatic rings. The number of thiazole rings is 1. The molecule has 1 aromatic carbocycles. The molecule has 0 unspecified atom stereocenters. The molecule has 0 saturated carbocycles. The van der Waals surface area contributed by atoms with Crippen molar-refractivity contribution in [3.05, 3.63) is 44.9 Å². The summed E-state index contributed by atoms with van der Waals surface area (Å²) in [6.45, 7) is 2.07. The molecule has 0 N–H and O–H groups in total. The van der Waals surface area contributed by atoms with Crippen LogP contribution in [0.2, 0.25) is 5.15 Å². The maximum Gasteiger partial charge on any atom is 0.342 e. The van der Waals surface area contributed by atoms with Crippen molar-refractivity contribution in [1.29, 1.82) is 0 Å². The summed E-state index contributed by atoms with van der Waals surface area (Å²) in [5.74, 6) is 0.0657. The summed E-state index contributed by atoms with van der Waals surface area (Å²) in [4.78, 5) is 16.9. The Morgan fingerprint density at radius 1 is 1.43 bits per heavy atom. The van der Waals surface area contributed by atoms with Gasteiger partial charge >= 0.3 is 5.97 Å². The molecule has 21 heavy (non-hydrogen) atoms. The maximum absolute atomic E-state index is 12.1. The molecule has 0 aliphatic heterocycles. The number of hydrogen-bond donors (Lipinski definition) is 0. The van der Waals surface area contributed by atoms with Crippen LogP contribution < -0.4 is 4.74 Å². The molecule has 6 heteroatoms. The molecule has 2 aromatic rings. The molecule has 0 bridgehead atoms. The smallest absolute Gasteiger partial charge is 0.342 e. The van der Waals surface area contributed by atoms with Crippen molar-refractivity contribution in [2.75, 3.05) is 13.7 Å². The van der Waals surface area contributed by atoms with E-state index in [1.54, 1.807) is 24.6 Å². The summed E-state index contributed by atoms with van der Waals surface area (Å²) < 4.78 is 10.3. The van der Waals surface area contributed by atoms with E-state index < -0.39 is 5.97 Å². The van der Waals surface area contributed by atoms with Gasteiger partial charge in [-0.15, -0.1) is 11.3 Å². The Kier molecular flexibility index (Phi) is 5.36. The van der Waals surface area contributed by atoms with Gasteiger partial charge in [0.05, 0.1) is 24.1 Å². The van der Waals surface area contributed by atoms with Gasteiger partial charge in [0.2, 0.25) is 0 Å². The van der Waals surface area contributed by atoms with Crippen LogP contribution in [0.1, 0.15) is 27.7 Å². The number of rotatable bonds is 5. The summed E-state index contributed by atoms with van der Waals surface area (Å²) in [7, 11) is 1.52. The summed E-state index contributed by atoms with van der Waals surface area (Å²) >= 11 is 7.37. The third-order valence-electron chi connectivity index (χ3n) is 2.72. The zero-order chi connectivity index (χ0) is 15.2. The zero-order valence-corrected chi connectivity index (χ0v) is 13.2. The Labute approximate surface area is 132 Å². The van der Waals surface area contributed by atoms with Crippen LogP contribution in [0.25, 0.3) is 12.2 Å². The molecular weight excluding hydrogens is 310 g/mol. The predicted octanol–water partition coefficient (Wildman–Crippen LogP) is 4.15. The Morgan fingerprint density at radius 2 is 2.24 bits per heavy atom. The molecular formula is C15H14ClNO3S. The molecule has 1 aromatic heterocycles. The summed E-state index contributed by atoms with van der Waals surface area (Å²) in [5, 5.41) is 0.442. The lowest BCUT2D eigenvalue weighted by atomic mass is 10.1. The average Bonchev–Trinajstić information content (AvgIpc) is 2.90. The SMILES string of the molecule is CCOC(=O)c1c(/C=C/c2scnc2Cl)cccc1OC. The molecule has 0 radical (unpaired) electrons. The second-order valence-corrected chi connectivity index (χ2v) is 5.23. The molecule has 1 heterocycles. The quantitative estimate of drug-likeness (QED) is 0.775. The number of benzene rings is 1. The van der Waals surface area contributed by atoms with Crippen LogP contribution in [0.4, 0.5) is 0 Å². The minimum atomic E-state index is -0.412. The van der Waals surface area contributed by atoms with Crippen LogP contribution in [0, 0.1) is 0 Å². The van der Waals surface area contributed by atoms with E-state index in [2.05, 4.69) is 4.98 Å². The Morgan fingerprint density at radius 3 is 2.86 bits per heavy atom. The first kappa shape index (κ1) is 15.5. The molecule has 0 amide bonds. The number of nitrogens with zero attached hydrogens (tertiary/aromatic N) is 1. The lowest BCUT2D eigenvalue weighted by molar-refractivity contribution is 0.0522. The molecule has 110 valence electrons. The average molecular weight is 324 g/mol. The molecule has 0 atom stereocenters. The molecule has 2 rings (SSSR count). The van der Waals surface area contributed by atoms with Gasteiger partial charge in [-0.1, -0.05) is 29.8 Å². The number of halogens is 1. The van der Waals surface area contributed by atoms with Gasteiger partial charge in [0.15, 0.2) is 0 Å². The normalized spacial score (nSPS) is 10.8. The summed E-state index contributed by atoms with van der Waals surface area (Å²) in [6, 6.07) is 5.36. The first-order valence-corrected chi connectivity index (χ1v) is 7.54. The predicted molar refractivity (Wildman–Crippen MR) is 85.0 cm³/mol. The minimum absolute atomic E-state index is 0.306. The van der Waals surface area contributed by atoms with Gasteiger partial charge in [0.25, 0.3) is 0 Å². The number of hydrogen-bond acceptors (Lipinski definition) is 5. The monoisotopic (exact) mass is 323 g/mol. The highest BCUT2D eigenvalue weighted by molar-refractivity contribution is 7.11. The summed E-state index contributed by atoms with van der Waals surface area (Å²) in [5.41, 5.74) is 2.77. The van der Waals surface area contributed by atoms with E-state index in [4.69, 9.17) is 21.1 Å². The zero-order valence-electron chi connectivity index (χ0n) is 11.6.